The van der Waals surface area contributed by atoms with Gasteiger partial charge in [0.15, 0.2) is 0 Å². The van der Waals surface area contributed by atoms with E-state index >= 15 is 0 Å². The van der Waals surface area contributed by atoms with Gasteiger partial charge in [-0.3, -0.25) is 0 Å². The van der Waals surface area contributed by atoms with Gasteiger partial charge in [-0.15, -0.1) is 0 Å². The van der Waals surface area contributed by atoms with Crippen molar-refractivity contribution < 1.29 is 0 Å². The molecule has 0 amide bonds. The van der Waals surface area contributed by atoms with E-state index in [0.29, 0.717) is 0 Å². The van der Waals surface area contributed by atoms with Crippen LogP contribution in [0.1, 0.15) is 52.7 Å². The summed E-state index contributed by atoms with van der Waals surface area (Å²) in [6.07, 6.45) is 0. The van der Waals surface area contributed by atoms with Gasteiger partial charge in [-0.05, 0) is 115 Å². The van der Waals surface area contributed by atoms with Gasteiger partial charge in [-0.1, -0.05) is 150 Å². The monoisotopic (exact) mass is 692 g/mol. The predicted molar refractivity (Wildman–Crippen MR) is 233 cm³/mol. The van der Waals surface area contributed by atoms with Crippen LogP contribution in [0.5, 0.6) is 0 Å². The number of anilines is 6. The Hall–Kier alpha value is -5.73. The normalized spacial score (nSPS) is 14.3. The second kappa shape index (κ2) is 10.9. The van der Waals surface area contributed by atoms with Gasteiger partial charge in [0.1, 0.15) is 0 Å². The lowest BCUT2D eigenvalue weighted by Gasteiger charge is -2.41. The maximum atomic E-state index is 2.58. The first-order chi connectivity index (χ1) is 26.1. The maximum absolute atomic E-state index is 2.58. The van der Waals surface area contributed by atoms with Crippen LogP contribution in [0.15, 0.2) is 146 Å². The molecule has 0 atom stereocenters. The van der Waals surface area contributed by atoms with Crippen molar-refractivity contribution in [1.29, 1.82) is 0 Å². The van der Waals surface area contributed by atoms with Crippen LogP contribution in [0.4, 0.5) is 34.1 Å². The summed E-state index contributed by atoms with van der Waals surface area (Å²) >= 11 is 0. The minimum Gasteiger partial charge on any atom is -0.312 e. The highest BCUT2D eigenvalue weighted by Crippen LogP contribution is 2.47. The van der Waals surface area contributed by atoms with Crippen LogP contribution in [0.2, 0.25) is 0 Å². The molecule has 0 aliphatic carbocycles. The Bertz CT molecular complexity index is 2510. The number of hydrogen-bond acceptors (Lipinski definition) is 2. The summed E-state index contributed by atoms with van der Waals surface area (Å²) in [6.45, 7) is 14.3. The van der Waals surface area contributed by atoms with E-state index in [9.17, 15) is 0 Å². The molecule has 0 aromatic heterocycles. The summed E-state index contributed by atoms with van der Waals surface area (Å²) in [5.74, 6) is 0. The van der Waals surface area contributed by atoms with Crippen LogP contribution >= 0.6 is 0 Å². The lowest BCUT2D eigenvalue weighted by Crippen LogP contribution is -2.59. The second-order valence-corrected chi connectivity index (χ2v) is 17.8. The molecule has 4 heterocycles. The SMILES string of the molecule is CC(C)(C)c1cc2c3c(c1)N(c1ccccc1)c1cc4c(cc1B3c1ccccc1-2)N(c1ccccc1)c1cc(C(C)(C)C)cc2c1B4c1ccccc1-2. The molecule has 0 saturated carbocycles. The summed E-state index contributed by atoms with van der Waals surface area (Å²) in [5, 5.41) is 0. The number of rotatable bonds is 2. The minimum absolute atomic E-state index is 0.00713. The average Bonchev–Trinajstić information content (AvgIpc) is 3.69. The van der Waals surface area contributed by atoms with E-state index in [-0.39, 0.29) is 24.3 Å². The molecule has 7 aromatic carbocycles. The molecule has 4 heteroatoms. The zero-order chi connectivity index (χ0) is 36.7. The van der Waals surface area contributed by atoms with Gasteiger partial charge in [0.2, 0.25) is 13.4 Å². The number of para-hydroxylation sites is 2. The molecule has 0 saturated heterocycles. The number of nitrogens with zero attached hydrogens (tertiary/aromatic N) is 2. The third-order valence-corrected chi connectivity index (χ3v) is 12.5. The van der Waals surface area contributed by atoms with Crippen molar-refractivity contribution in [2.75, 3.05) is 9.80 Å². The number of hydrogen-bond donors (Lipinski definition) is 0. The molecule has 0 fully saturated rings. The van der Waals surface area contributed by atoms with Crippen LogP contribution in [0.25, 0.3) is 22.3 Å². The van der Waals surface area contributed by atoms with E-state index < -0.39 is 0 Å². The van der Waals surface area contributed by atoms with Crippen LogP contribution in [0.3, 0.4) is 0 Å². The Morgan fingerprint density at radius 3 is 1.11 bits per heavy atom. The highest BCUT2D eigenvalue weighted by Gasteiger charge is 2.48. The van der Waals surface area contributed by atoms with Gasteiger partial charge >= 0.3 is 0 Å². The molecule has 4 aliphatic heterocycles. The molecule has 11 rings (SSSR count). The highest BCUT2D eigenvalue weighted by molar-refractivity contribution is 7.03. The highest BCUT2D eigenvalue weighted by atomic mass is 15.2. The fourth-order valence-electron chi connectivity index (χ4n) is 9.94. The lowest BCUT2D eigenvalue weighted by atomic mass is 9.34. The molecule has 7 aromatic rings. The summed E-state index contributed by atoms with van der Waals surface area (Å²) in [6, 6.07) is 55.6. The predicted octanol–water partition coefficient (Wildman–Crippen LogP) is 8.84. The molecule has 0 N–H and O–H groups in total. The number of fused-ring (bicyclic) bond motifs is 10. The van der Waals surface area contributed by atoms with E-state index in [2.05, 4.69) is 197 Å². The van der Waals surface area contributed by atoms with Gasteiger partial charge < -0.3 is 9.80 Å². The van der Waals surface area contributed by atoms with Crippen LogP contribution in [-0.2, 0) is 10.8 Å². The summed E-state index contributed by atoms with van der Waals surface area (Å²) in [5.41, 5.74) is 24.1. The van der Waals surface area contributed by atoms with E-state index in [1.165, 1.54) is 100 Å². The molecule has 0 unspecified atom stereocenters. The lowest BCUT2D eigenvalue weighted by molar-refractivity contribution is 0.590. The summed E-state index contributed by atoms with van der Waals surface area (Å²) < 4.78 is 0. The molecule has 2 nitrogen and oxygen atoms in total. The van der Waals surface area contributed by atoms with Crippen molar-refractivity contribution >= 4 is 80.3 Å². The van der Waals surface area contributed by atoms with Gasteiger partial charge in [-0.2, -0.15) is 0 Å². The molecule has 258 valence electrons. The van der Waals surface area contributed by atoms with E-state index in [0.717, 1.165) is 0 Å². The molecular formula is C50H42B2N2. The molecule has 0 spiro atoms. The third kappa shape index (κ3) is 4.31. The van der Waals surface area contributed by atoms with E-state index in [4.69, 9.17) is 0 Å². The largest absolute Gasteiger partial charge is 0.312 e. The standard InChI is InChI=1S/C50H42B2N2/c1-49(2,3)31-25-37-35-21-13-15-23-39(35)51-41-30-44-42(29-43(41)53(45(27-31)47(37)51)33-17-9-7-10-18-33)52-40-24-16-14-22-36(40)38-26-32(50(4,5)6)28-46(48(38)52)54(44)34-19-11-8-12-20-34/h7-30H,1-6H3. The molecule has 0 radical (unpaired) electrons. The summed E-state index contributed by atoms with van der Waals surface area (Å²) in [4.78, 5) is 5.16. The quantitative estimate of drug-likeness (QED) is 0.167. The Morgan fingerprint density at radius 2 is 0.722 bits per heavy atom. The van der Waals surface area contributed by atoms with Crippen molar-refractivity contribution in [2.24, 2.45) is 0 Å². The van der Waals surface area contributed by atoms with Crippen molar-refractivity contribution in [2.45, 2.75) is 52.4 Å². The first-order valence-electron chi connectivity index (χ1n) is 19.5. The van der Waals surface area contributed by atoms with Crippen LogP contribution in [-0.4, -0.2) is 13.4 Å². The van der Waals surface area contributed by atoms with Crippen molar-refractivity contribution in [3.05, 3.63) is 157 Å². The zero-order valence-electron chi connectivity index (χ0n) is 31.9. The van der Waals surface area contributed by atoms with Gasteiger partial charge in [0, 0.05) is 34.1 Å². The fraction of sp³-hybridized carbons (Fsp3) is 0.160. The Labute approximate surface area is 320 Å². The molecule has 54 heavy (non-hydrogen) atoms. The topological polar surface area (TPSA) is 6.48 Å². The fourth-order valence-corrected chi connectivity index (χ4v) is 9.94. The van der Waals surface area contributed by atoms with E-state index in [1.807, 2.05) is 0 Å². The Kier molecular flexibility index (Phi) is 6.42. The number of benzene rings is 7. The molecule has 4 aliphatic rings. The smallest absolute Gasteiger partial charge is 0.248 e. The Balaban J connectivity index is 1.28. The Morgan fingerprint density at radius 1 is 0.352 bits per heavy atom. The second-order valence-electron chi connectivity index (χ2n) is 17.8. The van der Waals surface area contributed by atoms with Crippen LogP contribution < -0.4 is 42.6 Å². The maximum Gasteiger partial charge on any atom is 0.248 e. The third-order valence-electron chi connectivity index (χ3n) is 12.5. The van der Waals surface area contributed by atoms with Crippen molar-refractivity contribution in [3.8, 4) is 22.3 Å². The van der Waals surface area contributed by atoms with Crippen molar-refractivity contribution in [3.63, 3.8) is 0 Å². The van der Waals surface area contributed by atoms with Crippen LogP contribution in [0, 0.1) is 0 Å². The van der Waals surface area contributed by atoms with Gasteiger partial charge in [-0.25, -0.2) is 0 Å². The van der Waals surface area contributed by atoms with Gasteiger partial charge in [0.25, 0.3) is 0 Å². The first-order valence-corrected chi connectivity index (χ1v) is 19.5. The minimum atomic E-state index is -0.00713. The molecule has 0 bridgehead atoms. The van der Waals surface area contributed by atoms with Crippen molar-refractivity contribution in [1.82, 2.24) is 0 Å². The summed E-state index contributed by atoms with van der Waals surface area (Å²) in [7, 11) is 0. The molecular weight excluding hydrogens is 650 g/mol. The van der Waals surface area contributed by atoms with E-state index in [1.54, 1.807) is 0 Å². The average molecular weight is 693 g/mol. The zero-order valence-corrected chi connectivity index (χ0v) is 31.9. The first kappa shape index (κ1) is 31.8. The van der Waals surface area contributed by atoms with Gasteiger partial charge in [0.05, 0.1) is 0 Å².